The number of anilines is 2. The molecule has 0 spiro atoms. The second-order valence-corrected chi connectivity index (χ2v) is 11.2. The van der Waals surface area contributed by atoms with Crippen LogP contribution in [0.5, 0.6) is 0 Å². The van der Waals surface area contributed by atoms with Crippen molar-refractivity contribution in [2.45, 2.75) is 64.6 Å². The number of nitriles is 1. The Labute approximate surface area is 234 Å². The molecule has 5 rings (SSSR count). The van der Waals surface area contributed by atoms with Crippen LogP contribution >= 0.6 is 0 Å². The molecule has 3 aromatic rings. The van der Waals surface area contributed by atoms with Gasteiger partial charge in [-0.15, -0.1) is 0 Å². The lowest BCUT2D eigenvalue weighted by Crippen LogP contribution is -2.48. The molecule has 1 aromatic carbocycles. The highest BCUT2D eigenvalue weighted by Gasteiger charge is 2.24. The molecule has 0 amide bonds. The molecule has 40 heavy (non-hydrogen) atoms. The summed E-state index contributed by atoms with van der Waals surface area (Å²) in [5.41, 5.74) is 8.09. The fourth-order valence-electron chi connectivity index (χ4n) is 5.87. The lowest BCUT2D eigenvalue weighted by atomic mass is 9.92. The Bertz CT molecular complexity index is 1460. The number of hydrogen-bond donors (Lipinski definition) is 1. The van der Waals surface area contributed by atoms with Crippen molar-refractivity contribution < 1.29 is 0 Å². The highest BCUT2D eigenvalue weighted by molar-refractivity contribution is 5.41. The van der Waals surface area contributed by atoms with E-state index in [1.165, 1.54) is 4.57 Å². The van der Waals surface area contributed by atoms with Crippen LogP contribution in [0.1, 0.15) is 55.2 Å². The van der Waals surface area contributed by atoms with Crippen LogP contribution in [0, 0.1) is 24.2 Å². The molecule has 2 aliphatic rings. The van der Waals surface area contributed by atoms with Gasteiger partial charge in [0.25, 0.3) is 5.56 Å². The van der Waals surface area contributed by atoms with E-state index in [1.54, 1.807) is 22.8 Å². The molecule has 0 bridgehead atoms. The Morgan fingerprint density at radius 1 is 1.02 bits per heavy atom. The maximum atomic E-state index is 13.8. The van der Waals surface area contributed by atoms with Gasteiger partial charge in [0.15, 0.2) is 0 Å². The van der Waals surface area contributed by atoms with Crippen LogP contribution in [0.15, 0.2) is 52.3 Å². The molecular formula is C30H38N8O2. The SMILES string of the molecule is Cc1cnc(N2CCC(CCCn3c(=O)cc(N4CCCC(N)C4)n(Cc4cccc(C#N)c4)c3=O)CC2)nc1. The molecule has 0 radical (unpaired) electrons. The number of nitrogens with two attached hydrogens (primary N) is 1. The first kappa shape index (κ1) is 27.6. The second kappa shape index (κ2) is 12.5. The van der Waals surface area contributed by atoms with E-state index in [2.05, 4.69) is 25.8 Å². The van der Waals surface area contributed by atoms with Crippen molar-refractivity contribution in [3.8, 4) is 6.07 Å². The summed E-state index contributed by atoms with van der Waals surface area (Å²) in [5.74, 6) is 1.93. The number of piperidine rings is 2. The summed E-state index contributed by atoms with van der Waals surface area (Å²) in [4.78, 5) is 40.2. The summed E-state index contributed by atoms with van der Waals surface area (Å²) in [6.07, 6.45) is 9.35. The molecule has 210 valence electrons. The van der Waals surface area contributed by atoms with Gasteiger partial charge in [0.2, 0.25) is 5.95 Å². The van der Waals surface area contributed by atoms with E-state index >= 15 is 0 Å². The first-order valence-corrected chi connectivity index (χ1v) is 14.3. The summed E-state index contributed by atoms with van der Waals surface area (Å²) >= 11 is 0. The number of rotatable bonds is 8. The largest absolute Gasteiger partial charge is 0.356 e. The van der Waals surface area contributed by atoms with E-state index < -0.39 is 0 Å². The smallest absolute Gasteiger partial charge is 0.332 e. The number of benzene rings is 1. The highest BCUT2D eigenvalue weighted by Crippen LogP contribution is 2.24. The van der Waals surface area contributed by atoms with Gasteiger partial charge in [-0.05, 0) is 74.6 Å². The van der Waals surface area contributed by atoms with Gasteiger partial charge in [0.05, 0.1) is 18.2 Å². The van der Waals surface area contributed by atoms with Gasteiger partial charge in [-0.1, -0.05) is 12.1 Å². The van der Waals surface area contributed by atoms with Crippen molar-refractivity contribution in [3.05, 3.63) is 80.3 Å². The first-order valence-electron chi connectivity index (χ1n) is 14.3. The lowest BCUT2D eigenvalue weighted by molar-refractivity contribution is 0.358. The van der Waals surface area contributed by atoms with Gasteiger partial charge in [0, 0.05) is 57.2 Å². The van der Waals surface area contributed by atoms with E-state index in [4.69, 9.17) is 5.73 Å². The molecular weight excluding hydrogens is 504 g/mol. The van der Waals surface area contributed by atoms with Crippen LogP contribution in [0.2, 0.25) is 0 Å². The maximum Gasteiger partial charge on any atom is 0.332 e. The third kappa shape index (κ3) is 6.42. The molecule has 2 fully saturated rings. The summed E-state index contributed by atoms with van der Waals surface area (Å²) in [7, 11) is 0. The minimum absolute atomic E-state index is 0.00522. The summed E-state index contributed by atoms with van der Waals surface area (Å²) in [6.45, 7) is 5.84. The number of aryl methyl sites for hydroxylation is 1. The van der Waals surface area contributed by atoms with Gasteiger partial charge in [-0.2, -0.15) is 5.26 Å². The summed E-state index contributed by atoms with van der Waals surface area (Å²) < 4.78 is 3.05. The molecule has 2 saturated heterocycles. The number of nitrogens with zero attached hydrogens (tertiary/aromatic N) is 7. The molecule has 1 unspecified atom stereocenters. The normalized spacial score (nSPS) is 18.1. The Kier molecular flexibility index (Phi) is 8.60. The zero-order chi connectivity index (χ0) is 28.1. The van der Waals surface area contributed by atoms with Crippen LogP contribution < -0.4 is 26.8 Å². The van der Waals surface area contributed by atoms with Gasteiger partial charge >= 0.3 is 5.69 Å². The Morgan fingerprint density at radius 2 is 1.80 bits per heavy atom. The fraction of sp³-hybridized carbons (Fsp3) is 0.500. The average molecular weight is 543 g/mol. The van der Waals surface area contributed by atoms with Crippen molar-refractivity contribution in [3.63, 3.8) is 0 Å². The lowest BCUT2D eigenvalue weighted by Gasteiger charge is -2.34. The highest BCUT2D eigenvalue weighted by atomic mass is 16.2. The van der Waals surface area contributed by atoms with Crippen LogP contribution in [-0.4, -0.2) is 51.3 Å². The molecule has 4 heterocycles. The van der Waals surface area contributed by atoms with Crippen LogP contribution in [-0.2, 0) is 13.1 Å². The molecule has 2 N–H and O–H groups in total. The van der Waals surface area contributed by atoms with Crippen molar-refractivity contribution >= 4 is 11.8 Å². The molecule has 10 nitrogen and oxygen atoms in total. The molecule has 0 saturated carbocycles. The van der Waals surface area contributed by atoms with Gasteiger partial charge < -0.3 is 15.5 Å². The molecule has 1 atom stereocenters. The zero-order valence-electron chi connectivity index (χ0n) is 23.2. The molecule has 0 aliphatic carbocycles. The van der Waals surface area contributed by atoms with Gasteiger partial charge in [-0.25, -0.2) is 14.8 Å². The quantitative estimate of drug-likeness (QED) is 0.460. The number of aromatic nitrogens is 4. The summed E-state index contributed by atoms with van der Waals surface area (Å²) in [6, 6.07) is 11.0. The summed E-state index contributed by atoms with van der Waals surface area (Å²) in [5, 5.41) is 9.34. The minimum Gasteiger partial charge on any atom is -0.356 e. The molecule has 10 heteroatoms. The third-order valence-corrected chi connectivity index (χ3v) is 8.09. The molecule has 2 aliphatic heterocycles. The van der Waals surface area contributed by atoms with Crippen LogP contribution in [0.25, 0.3) is 0 Å². The number of hydrogen-bond acceptors (Lipinski definition) is 8. The monoisotopic (exact) mass is 542 g/mol. The van der Waals surface area contributed by atoms with Crippen molar-refractivity contribution in [1.29, 1.82) is 5.26 Å². The zero-order valence-corrected chi connectivity index (χ0v) is 23.2. The van der Waals surface area contributed by atoms with Crippen molar-refractivity contribution in [1.82, 2.24) is 19.1 Å². The predicted octanol–water partition coefficient (Wildman–Crippen LogP) is 2.65. The van der Waals surface area contributed by atoms with Crippen LogP contribution in [0.3, 0.4) is 0 Å². The van der Waals surface area contributed by atoms with E-state index in [9.17, 15) is 14.9 Å². The van der Waals surface area contributed by atoms with Crippen molar-refractivity contribution in [2.24, 2.45) is 11.7 Å². The first-order chi connectivity index (χ1) is 19.4. The predicted molar refractivity (Wildman–Crippen MR) is 156 cm³/mol. The van der Waals surface area contributed by atoms with Gasteiger partial charge in [-0.3, -0.25) is 13.9 Å². The Balaban J connectivity index is 1.29. The standard InChI is InChI=1S/C30H38N8O2/c1-22-18-33-29(34-19-22)35-13-9-23(10-14-35)7-3-12-37-28(39)16-27(36-11-4-8-26(32)21-36)38(30(37)40)20-25-6-2-5-24(15-25)17-31/h2,5-6,15-16,18-19,23,26H,3-4,7-14,20-21,32H2,1H3. The average Bonchev–Trinajstić information content (AvgIpc) is 2.97. The fourth-order valence-corrected chi connectivity index (χ4v) is 5.87. The van der Waals surface area contributed by atoms with E-state index in [1.807, 2.05) is 31.5 Å². The topological polar surface area (TPSA) is 126 Å². The minimum atomic E-state index is -0.310. The second-order valence-electron chi connectivity index (χ2n) is 11.2. The Morgan fingerprint density at radius 3 is 2.52 bits per heavy atom. The van der Waals surface area contributed by atoms with E-state index in [-0.39, 0.29) is 23.8 Å². The van der Waals surface area contributed by atoms with Crippen molar-refractivity contribution in [2.75, 3.05) is 36.0 Å². The van der Waals surface area contributed by atoms with Gasteiger partial charge in [0.1, 0.15) is 5.82 Å². The Hall–Kier alpha value is -3.97. The van der Waals surface area contributed by atoms with E-state index in [0.29, 0.717) is 30.4 Å². The van der Waals surface area contributed by atoms with Crippen LogP contribution in [0.4, 0.5) is 11.8 Å². The molecule has 2 aromatic heterocycles. The third-order valence-electron chi connectivity index (χ3n) is 8.09. The maximum absolute atomic E-state index is 13.8. The van der Waals surface area contributed by atoms with E-state index in [0.717, 1.165) is 75.2 Å².